The predicted octanol–water partition coefficient (Wildman–Crippen LogP) is 0.678. The third-order valence-electron chi connectivity index (χ3n) is 1.40. The Bertz CT molecular complexity index is 264. The van der Waals surface area contributed by atoms with E-state index in [1.54, 1.807) is 6.07 Å². The van der Waals surface area contributed by atoms with Crippen molar-refractivity contribution < 1.29 is 4.79 Å². The summed E-state index contributed by atoms with van der Waals surface area (Å²) < 4.78 is 0. The lowest BCUT2D eigenvalue weighted by Crippen LogP contribution is -2.08. The molecule has 0 spiro atoms. The summed E-state index contributed by atoms with van der Waals surface area (Å²) >= 11 is 0. The van der Waals surface area contributed by atoms with Gasteiger partial charge in [-0.15, -0.1) is 0 Å². The molecule has 0 fully saturated rings. The molecule has 0 radical (unpaired) electrons. The number of aromatic nitrogens is 2. The average Bonchev–Trinajstić information content (AvgIpc) is 2.33. The van der Waals surface area contributed by atoms with Gasteiger partial charge < -0.3 is 4.90 Å². The van der Waals surface area contributed by atoms with E-state index in [4.69, 9.17) is 0 Å². The summed E-state index contributed by atoms with van der Waals surface area (Å²) in [7, 11) is 3.75. The van der Waals surface area contributed by atoms with Gasteiger partial charge >= 0.3 is 0 Å². The fourth-order valence-corrected chi connectivity index (χ4v) is 0.721. The molecule has 11 heavy (non-hydrogen) atoms. The maximum absolute atomic E-state index is 10.8. The number of hydrogen-bond acceptors (Lipinski definition) is 3. The van der Waals surface area contributed by atoms with Gasteiger partial charge in [-0.05, 0) is 0 Å². The van der Waals surface area contributed by atoms with Crippen LogP contribution < -0.4 is 4.90 Å². The standard InChI is InChI=1S/C7H11N3O/c1-5(11)6-4-7(9-8-6)10(2)3/h4H,1-3H3,(H,8,9). The van der Waals surface area contributed by atoms with Crippen LogP contribution in [-0.2, 0) is 0 Å². The molecule has 0 saturated carbocycles. The van der Waals surface area contributed by atoms with E-state index >= 15 is 0 Å². The van der Waals surface area contributed by atoms with Gasteiger partial charge in [-0.3, -0.25) is 9.89 Å². The molecule has 0 amide bonds. The molecule has 0 aliphatic carbocycles. The first-order chi connectivity index (χ1) is 5.11. The van der Waals surface area contributed by atoms with Gasteiger partial charge in [-0.25, -0.2) is 0 Å². The van der Waals surface area contributed by atoms with Crippen LogP contribution in [-0.4, -0.2) is 30.1 Å². The second-order valence-corrected chi connectivity index (χ2v) is 2.59. The van der Waals surface area contributed by atoms with Gasteiger partial charge in [0, 0.05) is 27.1 Å². The van der Waals surface area contributed by atoms with E-state index in [1.165, 1.54) is 6.92 Å². The highest BCUT2D eigenvalue weighted by atomic mass is 16.1. The second kappa shape index (κ2) is 2.74. The minimum absolute atomic E-state index is 0.00519. The molecule has 1 heterocycles. The summed E-state index contributed by atoms with van der Waals surface area (Å²) in [4.78, 5) is 12.6. The second-order valence-electron chi connectivity index (χ2n) is 2.59. The average molecular weight is 153 g/mol. The normalized spacial score (nSPS) is 9.73. The monoisotopic (exact) mass is 153 g/mol. The smallest absolute Gasteiger partial charge is 0.177 e. The van der Waals surface area contributed by atoms with Crippen LogP contribution in [0, 0.1) is 0 Å². The molecule has 4 nitrogen and oxygen atoms in total. The van der Waals surface area contributed by atoms with Crippen LogP contribution in [0.25, 0.3) is 0 Å². The van der Waals surface area contributed by atoms with E-state index in [-0.39, 0.29) is 5.78 Å². The number of nitrogens with one attached hydrogen (secondary N) is 1. The van der Waals surface area contributed by atoms with E-state index in [2.05, 4.69) is 10.2 Å². The zero-order chi connectivity index (χ0) is 8.43. The highest BCUT2D eigenvalue weighted by molar-refractivity contribution is 5.92. The van der Waals surface area contributed by atoms with Gasteiger partial charge in [-0.1, -0.05) is 0 Å². The lowest BCUT2D eigenvalue weighted by Gasteiger charge is -2.04. The first-order valence-corrected chi connectivity index (χ1v) is 3.35. The van der Waals surface area contributed by atoms with Crippen LogP contribution >= 0.6 is 0 Å². The fraction of sp³-hybridized carbons (Fsp3) is 0.429. The van der Waals surface area contributed by atoms with Crippen molar-refractivity contribution in [1.82, 2.24) is 10.2 Å². The number of hydrogen-bond donors (Lipinski definition) is 1. The number of anilines is 1. The largest absolute Gasteiger partial charge is 0.361 e. The molecule has 0 aliphatic rings. The molecule has 1 aromatic heterocycles. The molecule has 4 heteroatoms. The summed E-state index contributed by atoms with van der Waals surface area (Å²) in [6.45, 7) is 1.51. The molecule has 0 bridgehead atoms. The Morgan fingerprint density at radius 1 is 1.64 bits per heavy atom. The van der Waals surface area contributed by atoms with E-state index in [0.717, 1.165) is 5.82 Å². The van der Waals surface area contributed by atoms with Gasteiger partial charge in [-0.2, -0.15) is 5.10 Å². The van der Waals surface area contributed by atoms with Gasteiger partial charge in [0.1, 0.15) is 5.69 Å². The lowest BCUT2D eigenvalue weighted by molar-refractivity contribution is 0.101. The van der Waals surface area contributed by atoms with Crippen molar-refractivity contribution in [2.75, 3.05) is 19.0 Å². The van der Waals surface area contributed by atoms with Crippen LogP contribution in [0.3, 0.4) is 0 Å². The number of nitrogens with zero attached hydrogens (tertiary/aromatic N) is 2. The molecule has 0 unspecified atom stereocenters. The van der Waals surface area contributed by atoms with Crippen LogP contribution in [0.4, 0.5) is 5.82 Å². The SMILES string of the molecule is CC(=O)c1cc(N(C)C)n[nH]1. The third kappa shape index (κ3) is 1.58. The summed E-state index contributed by atoms with van der Waals surface area (Å²) in [6, 6.07) is 1.72. The predicted molar refractivity (Wildman–Crippen MR) is 42.9 cm³/mol. The highest BCUT2D eigenvalue weighted by Crippen LogP contribution is 2.07. The zero-order valence-corrected chi connectivity index (χ0v) is 6.88. The van der Waals surface area contributed by atoms with E-state index in [0.29, 0.717) is 5.69 Å². The zero-order valence-electron chi connectivity index (χ0n) is 6.88. The minimum atomic E-state index is 0.00519. The first-order valence-electron chi connectivity index (χ1n) is 3.35. The molecular weight excluding hydrogens is 142 g/mol. The number of aromatic amines is 1. The van der Waals surface area contributed by atoms with E-state index in [1.807, 2.05) is 19.0 Å². The molecule has 1 rings (SSSR count). The number of Topliss-reactive ketones (excluding diaryl/α,β-unsaturated/α-hetero) is 1. The van der Waals surface area contributed by atoms with Crippen molar-refractivity contribution in [2.24, 2.45) is 0 Å². The molecule has 0 aromatic carbocycles. The summed E-state index contributed by atoms with van der Waals surface area (Å²) in [5.74, 6) is 0.779. The lowest BCUT2D eigenvalue weighted by atomic mass is 10.3. The van der Waals surface area contributed by atoms with Crippen molar-refractivity contribution in [3.05, 3.63) is 11.8 Å². The quantitative estimate of drug-likeness (QED) is 0.635. The summed E-state index contributed by atoms with van der Waals surface area (Å²) in [5, 5.41) is 6.56. The van der Waals surface area contributed by atoms with Crippen LogP contribution in [0.2, 0.25) is 0 Å². The van der Waals surface area contributed by atoms with Gasteiger partial charge in [0.05, 0.1) is 0 Å². The molecule has 60 valence electrons. The van der Waals surface area contributed by atoms with Crippen LogP contribution in [0.5, 0.6) is 0 Å². The number of H-pyrrole nitrogens is 1. The Morgan fingerprint density at radius 3 is 2.55 bits per heavy atom. The maximum Gasteiger partial charge on any atom is 0.177 e. The van der Waals surface area contributed by atoms with Gasteiger partial charge in [0.15, 0.2) is 11.6 Å². The van der Waals surface area contributed by atoms with Crippen molar-refractivity contribution in [2.45, 2.75) is 6.92 Å². The van der Waals surface area contributed by atoms with Crippen molar-refractivity contribution in [1.29, 1.82) is 0 Å². The van der Waals surface area contributed by atoms with E-state index in [9.17, 15) is 4.79 Å². The molecule has 1 N–H and O–H groups in total. The van der Waals surface area contributed by atoms with E-state index < -0.39 is 0 Å². The molecule has 0 atom stereocenters. The maximum atomic E-state index is 10.8. The fourth-order valence-electron chi connectivity index (χ4n) is 0.721. The first kappa shape index (κ1) is 7.78. The summed E-state index contributed by atoms with van der Waals surface area (Å²) in [6.07, 6.45) is 0. The number of carbonyl (C=O) groups excluding carboxylic acids is 1. The molecular formula is C7H11N3O. The molecule has 0 saturated heterocycles. The molecule has 1 aromatic rings. The van der Waals surface area contributed by atoms with Gasteiger partial charge in [0.25, 0.3) is 0 Å². The van der Waals surface area contributed by atoms with Crippen molar-refractivity contribution in [3.8, 4) is 0 Å². The van der Waals surface area contributed by atoms with Gasteiger partial charge in [0.2, 0.25) is 0 Å². The Hall–Kier alpha value is -1.32. The van der Waals surface area contributed by atoms with Crippen molar-refractivity contribution >= 4 is 11.6 Å². The number of carbonyl (C=O) groups is 1. The minimum Gasteiger partial charge on any atom is -0.361 e. The Balaban J connectivity index is 2.90. The Morgan fingerprint density at radius 2 is 2.27 bits per heavy atom. The number of rotatable bonds is 2. The van der Waals surface area contributed by atoms with Crippen LogP contribution in [0.1, 0.15) is 17.4 Å². The van der Waals surface area contributed by atoms with Crippen molar-refractivity contribution in [3.63, 3.8) is 0 Å². The summed E-state index contributed by atoms with van der Waals surface area (Å²) in [5.41, 5.74) is 0.550. The Kier molecular flexibility index (Phi) is 1.94. The van der Waals surface area contributed by atoms with Crippen LogP contribution in [0.15, 0.2) is 6.07 Å². The Labute approximate surface area is 65.2 Å². The third-order valence-corrected chi connectivity index (χ3v) is 1.40. The molecule has 0 aliphatic heterocycles. The highest BCUT2D eigenvalue weighted by Gasteiger charge is 2.04. The number of ketones is 1. The topological polar surface area (TPSA) is 49.0 Å².